The Balaban J connectivity index is 2.06. The minimum Gasteiger partial charge on any atom is -0.318 e. The molecule has 0 amide bonds. The van der Waals surface area contributed by atoms with E-state index in [2.05, 4.69) is 17.1 Å². The maximum absolute atomic E-state index is 6.20. The van der Waals surface area contributed by atoms with Gasteiger partial charge in [-0.15, -0.1) is 11.3 Å². The fraction of sp³-hybridized carbons (Fsp3) is 0.0714. The van der Waals surface area contributed by atoms with E-state index in [-0.39, 0.29) is 6.04 Å². The number of para-hydroxylation sites is 1. The molecule has 2 heterocycles. The molecule has 3 aromatic rings. The van der Waals surface area contributed by atoms with Crippen LogP contribution in [0.2, 0.25) is 0 Å². The van der Waals surface area contributed by atoms with Crippen LogP contribution in [-0.2, 0) is 0 Å². The zero-order valence-corrected chi connectivity index (χ0v) is 10.0. The second-order valence-electron chi connectivity index (χ2n) is 3.92. The summed E-state index contributed by atoms with van der Waals surface area (Å²) in [4.78, 5) is 5.76. The molecule has 0 radical (unpaired) electrons. The highest BCUT2D eigenvalue weighted by Crippen LogP contribution is 2.23. The lowest BCUT2D eigenvalue weighted by atomic mass is 10.1. The molecule has 3 heteroatoms. The van der Waals surface area contributed by atoms with E-state index in [0.717, 1.165) is 21.5 Å². The molecule has 2 N–H and O–H groups in total. The van der Waals surface area contributed by atoms with Crippen molar-refractivity contribution in [1.29, 1.82) is 0 Å². The van der Waals surface area contributed by atoms with Crippen LogP contribution >= 0.6 is 11.3 Å². The average Bonchev–Trinajstić information content (AvgIpc) is 2.91. The highest BCUT2D eigenvalue weighted by atomic mass is 32.1. The Hall–Kier alpha value is -1.71. The van der Waals surface area contributed by atoms with Gasteiger partial charge in [0.1, 0.15) is 0 Å². The number of pyridine rings is 1. The van der Waals surface area contributed by atoms with Crippen LogP contribution in [0.4, 0.5) is 0 Å². The summed E-state index contributed by atoms with van der Waals surface area (Å²) in [7, 11) is 0. The molecule has 1 aromatic carbocycles. The van der Waals surface area contributed by atoms with Gasteiger partial charge in [0, 0.05) is 10.3 Å². The highest BCUT2D eigenvalue weighted by Gasteiger charge is 2.11. The molecule has 2 nitrogen and oxygen atoms in total. The molecule has 0 fully saturated rings. The summed E-state index contributed by atoms with van der Waals surface area (Å²) in [5.74, 6) is 0. The predicted octanol–water partition coefficient (Wildman–Crippen LogP) is 3.34. The minimum absolute atomic E-state index is 0.125. The van der Waals surface area contributed by atoms with Crippen LogP contribution < -0.4 is 5.73 Å². The average molecular weight is 240 g/mol. The minimum atomic E-state index is -0.125. The van der Waals surface area contributed by atoms with Crippen molar-refractivity contribution in [2.75, 3.05) is 0 Å². The van der Waals surface area contributed by atoms with E-state index < -0.39 is 0 Å². The summed E-state index contributed by atoms with van der Waals surface area (Å²) < 4.78 is 0. The monoisotopic (exact) mass is 240 g/mol. The van der Waals surface area contributed by atoms with Crippen LogP contribution in [0.15, 0.2) is 53.9 Å². The quantitative estimate of drug-likeness (QED) is 0.746. The second kappa shape index (κ2) is 4.28. The summed E-state index contributed by atoms with van der Waals surface area (Å²) in [6.07, 6.45) is 0. The highest BCUT2D eigenvalue weighted by molar-refractivity contribution is 7.10. The Morgan fingerprint density at radius 2 is 1.88 bits per heavy atom. The molecule has 0 aliphatic rings. The van der Waals surface area contributed by atoms with Gasteiger partial charge in [-0.25, -0.2) is 0 Å². The van der Waals surface area contributed by atoms with Crippen molar-refractivity contribution >= 4 is 22.2 Å². The molecule has 84 valence electrons. The van der Waals surface area contributed by atoms with E-state index >= 15 is 0 Å². The first-order chi connectivity index (χ1) is 8.34. The zero-order chi connectivity index (χ0) is 11.7. The normalized spacial score (nSPS) is 12.8. The van der Waals surface area contributed by atoms with E-state index in [9.17, 15) is 0 Å². The molecule has 0 unspecified atom stereocenters. The van der Waals surface area contributed by atoms with Crippen LogP contribution in [0.5, 0.6) is 0 Å². The van der Waals surface area contributed by atoms with Gasteiger partial charge in [-0.3, -0.25) is 4.98 Å². The lowest BCUT2D eigenvalue weighted by Gasteiger charge is -2.09. The third-order valence-electron chi connectivity index (χ3n) is 2.79. The van der Waals surface area contributed by atoms with Gasteiger partial charge in [0.25, 0.3) is 0 Å². The summed E-state index contributed by atoms with van der Waals surface area (Å²) in [6, 6.07) is 16.1. The van der Waals surface area contributed by atoms with Gasteiger partial charge < -0.3 is 5.73 Å². The first-order valence-corrected chi connectivity index (χ1v) is 6.37. The summed E-state index contributed by atoms with van der Waals surface area (Å²) in [6.45, 7) is 0. The van der Waals surface area contributed by atoms with Gasteiger partial charge in [-0.2, -0.15) is 0 Å². The van der Waals surface area contributed by atoms with Crippen LogP contribution in [0.3, 0.4) is 0 Å². The fourth-order valence-electron chi connectivity index (χ4n) is 1.87. The number of nitrogens with two attached hydrogens (primary N) is 1. The zero-order valence-electron chi connectivity index (χ0n) is 9.21. The summed E-state index contributed by atoms with van der Waals surface area (Å²) in [5.41, 5.74) is 8.12. The van der Waals surface area contributed by atoms with Gasteiger partial charge in [-0.05, 0) is 23.6 Å². The third-order valence-corrected chi connectivity index (χ3v) is 3.74. The smallest absolute Gasteiger partial charge is 0.0820 e. The Bertz CT molecular complexity index is 632. The van der Waals surface area contributed by atoms with Gasteiger partial charge in [0.15, 0.2) is 0 Å². The molecule has 0 aliphatic carbocycles. The van der Waals surface area contributed by atoms with Crippen LogP contribution in [0.25, 0.3) is 10.9 Å². The molecule has 3 rings (SSSR count). The summed E-state index contributed by atoms with van der Waals surface area (Å²) in [5, 5.41) is 3.19. The van der Waals surface area contributed by atoms with Crippen molar-refractivity contribution in [3.05, 3.63) is 64.5 Å². The van der Waals surface area contributed by atoms with E-state index in [1.807, 2.05) is 41.8 Å². The Morgan fingerprint density at radius 3 is 2.71 bits per heavy atom. The number of benzene rings is 1. The topological polar surface area (TPSA) is 38.9 Å². The van der Waals surface area contributed by atoms with Crippen LogP contribution in [-0.4, -0.2) is 4.98 Å². The maximum Gasteiger partial charge on any atom is 0.0820 e. The number of rotatable bonds is 2. The number of hydrogen-bond donors (Lipinski definition) is 1. The molecular weight excluding hydrogens is 228 g/mol. The number of nitrogens with zero attached hydrogens (tertiary/aromatic N) is 1. The molecule has 17 heavy (non-hydrogen) atoms. The molecule has 0 saturated carbocycles. The molecule has 1 atom stereocenters. The SMILES string of the molecule is N[C@H](c1ccc2ccccc2n1)c1cccs1. The second-order valence-corrected chi connectivity index (χ2v) is 4.90. The Kier molecular flexibility index (Phi) is 2.63. The number of thiophene rings is 1. The van der Waals surface area contributed by atoms with Crippen LogP contribution in [0.1, 0.15) is 16.6 Å². The number of hydrogen-bond acceptors (Lipinski definition) is 3. The first kappa shape index (κ1) is 10.4. The lowest BCUT2D eigenvalue weighted by Crippen LogP contribution is -2.11. The Labute approximate surface area is 104 Å². The lowest BCUT2D eigenvalue weighted by molar-refractivity contribution is 0.855. The van der Waals surface area contributed by atoms with Crippen molar-refractivity contribution in [3.63, 3.8) is 0 Å². The van der Waals surface area contributed by atoms with Crippen LogP contribution in [0, 0.1) is 0 Å². The van der Waals surface area contributed by atoms with E-state index in [1.165, 1.54) is 0 Å². The predicted molar refractivity (Wildman–Crippen MR) is 72.1 cm³/mol. The van der Waals surface area contributed by atoms with Crippen molar-refractivity contribution in [2.45, 2.75) is 6.04 Å². The molecular formula is C14H12N2S. The van der Waals surface area contributed by atoms with Gasteiger partial charge in [0.05, 0.1) is 17.3 Å². The molecule has 0 saturated heterocycles. The molecule has 2 aromatic heterocycles. The largest absolute Gasteiger partial charge is 0.318 e. The maximum atomic E-state index is 6.20. The molecule has 0 spiro atoms. The van der Waals surface area contributed by atoms with E-state index in [4.69, 9.17) is 5.73 Å². The van der Waals surface area contributed by atoms with Gasteiger partial charge in [-0.1, -0.05) is 30.3 Å². The standard InChI is InChI=1S/C14H12N2S/c15-14(13-6-3-9-17-13)12-8-7-10-4-1-2-5-11(10)16-12/h1-9,14H,15H2/t14-/m1/s1. The third kappa shape index (κ3) is 1.95. The van der Waals surface area contributed by atoms with Crippen molar-refractivity contribution in [3.8, 4) is 0 Å². The molecule has 0 bridgehead atoms. The fourth-order valence-corrected chi connectivity index (χ4v) is 2.61. The first-order valence-electron chi connectivity index (χ1n) is 5.49. The van der Waals surface area contributed by atoms with Crippen molar-refractivity contribution < 1.29 is 0 Å². The van der Waals surface area contributed by atoms with E-state index in [1.54, 1.807) is 11.3 Å². The van der Waals surface area contributed by atoms with Crippen molar-refractivity contribution in [1.82, 2.24) is 4.98 Å². The Morgan fingerprint density at radius 1 is 1.00 bits per heavy atom. The van der Waals surface area contributed by atoms with E-state index in [0.29, 0.717) is 0 Å². The van der Waals surface area contributed by atoms with Gasteiger partial charge in [0.2, 0.25) is 0 Å². The molecule has 0 aliphatic heterocycles. The number of fused-ring (bicyclic) bond motifs is 1. The van der Waals surface area contributed by atoms with Gasteiger partial charge >= 0.3 is 0 Å². The number of aromatic nitrogens is 1. The summed E-state index contributed by atoms with van der Waals surface area (Å²) >= 11 is 1.67. The van der Waals surface area contributed by atoms with Crippen molar-refractivity contribution in [2.24, 2.45) is 5.73 Å².